The van der Waals surface area contributed by atoms with E-state index in [0.29, 0.717) is 183 Å². The molecule has 22 nitrogen and oxygen atoms in total. The predicted octanol–water partition coefficient (Wildman–Crippen LogP) is 2.68. The summed E-state index contributed by atoms with van der Waals surface area (Å²) in [7, 11) is 0. The average molecular weight is 1020 g/mol. The second-order valence-electron chi connectivity index (χ2n) is 15.9. The Kier molecular flexibility index (Phi) is 32.2. The van der Waals surface area contributed by atoms with Crippen molar-refractivity contribution in [1.29, 1.82) is 0 Å². The quantitative estimate of drug-likeness (QED) is 0.0550. The van der Waals surface area contributed by atoms with Crippen LogP contribution in [0.15, 0.2) is 42.5 Å². The van der Waals surface area contributed by atoms with Crippen molar-refractivity contribution in [3.8, 4) is 5.75 Å². The number of amides is 5. The molecule has 0 radical (unpaired) electrons. The number of aldehydes is 1. The number of rotatable bonds is 46. The number of piperidine rings is 1. The highest BCUT2D eigenvalue weighted by Crippen LogP contribution is 2.32. The molecule has 0 bridgehead atoms. The lowest BCUT2D eigenvalue weighted by molar-refractivity contribution is -0.136. The minimum absolute atomic E-state index is 0.0237. The molecule has 72 heavy (non-hydrogen) atoms. The van der Waals surface area contributed by atoms with Gasteiger partial charge in [0.25, 0.3) is 11.8 Å². The normalized spacial score (nSPS) is 14.5. The van der Waals surface area contributed by atoms with E-state index in [9.17, 15) is 28.8 Å². The summed E-state index contributed by atoms with van der Waals surface area (Å²) < 4.78 is 71.7. The molecule has 22 heteroatoms. The second kappa shape index (κ2) is 38.8. The van der Waals surface area contributed by atoms with E-state index in [1.165, 1.54) is 6.07 Å². The molecule has 4 rings (SSSR count). The first-order valence-corrected chi connectivity index (χ1v) is 24.6. The largest absolute Gasteiger partial charge is 0.491 e. The summed E-state index contributed by atoms with van der Waals surface area (Å²) in [4.78, 5) is 74.3. The number of ether oxygens (including phenoxy) is 13. The van der Waals surface area contributed by atoms with Crippen LogP contribution in [0.2, 0.25) is 0 Å². The first kappa shape index (κ1) is 59.7. The molecule has 1 atom stereocenters. The Morgan fingerprint density at radius 3 is 1.39 bits per heavy atom. The van der Waals surface area contributed by atoms with Gasteiger partial charge in [-0.3, -0.25) is 39.0 Å². The molecule has 0 saturated carbocycles. The summed E-state index contributed by atoms with van der Waals surface area (Å²) in [5, 5.41) is 4.91. The van der Waals surface area contributed by atoms with Gasteiger partial charge in [-0.15, -0.1) is 0 Å². The molecule has 2 aliphatic heterocycles. The van der Waals surface area contributed by atoms with Gasteiger partial charge in [0.1, 0.15) is 24.7 Å². The van der Waals surface area contributed by atoms with Gasteiger partial charge in [-0.1, -0.05) is 12.5 Å². The molecule has 1 fully saturated rings. The standard InChI is InChI=1S/C50H73N3O19/c54-39-40-8-10-41(11-9-40)72-38-37-71-36-35-70-34-33-69-32-31-68-30-29-67-28-27-66-26-25-65-24-23-64-22-21-63-20-19-62-18-17-61-16-15-60-14-3-1-2-7-45(55)51-43-6-4-5-42-47(43)50(59)53(49(42)58)44-12-13-46(56)52-48(44)57/h4-6,8-11,39,44H,1-3,7,12-38H2,(H,51,55)(H,52,56,57). The van der Waals surface area contributed by atoms with E-state index in [-0.39, 0.29) is 42.0 Å². The first-order chi connectivity index (χ1) is 35.4. The highest BCUT2D eigenvalue weighted by molar-refractivity contribution is 6.26. The van der Waals surface area contributed by atoms with Crippen molar-refractivity contribution in [2.75, 3.05) is 170 Å². The lowest BCUT2D eigenvalue weighted by Gasteiger charge is -2.27. The summed E-state index contributed by atoms with van der Waals surface area (Å²) in [5.41, 5.74) is 0.976. The zero-order valence-electron chi connectivity index (χ0n) is 41.3. The number of fused-ring (bicyclic) bond motifs is 1. The second-order valence-corrected chi connectivity index (χ2v) is 15.9. The number of hydrogen-bond donors (Lipinski definition) is 2. The van der Waals surface area contributed by atoms with Crippen LogP contribution in [0.5, 0.6) is 5.75 Å². The van der Waals surface area contributed by atoms with Crippen molar-refractivity contribution in [3.63, 3.8) is 0 Å². The molecule has 0 aliphatic carbocycles. The van der Waals surface area contributed by atoms with Crippen LogP contribution in [-0.4, -0.2) is 212 Å². The number of nitrogens with zero attached hydrogens (tertiary/aromatic N) is 1. The molecular formula is C50H73N3O19. The molecule has 2 heterocycles. The van der Waals surface area contributed by atoms with Crippen molar-refractivity contribution in [1.82, 2.24) is 10.2 Å². The number of hydrogen-bond acceptors (Lipinski definition) is 19. The van der Waals surface area contributed by atoms with E-state index in [1.807, 2.05) is 0 Å². The zero-order valence-corrected chi connectivity index (χ0v) is 41.3. The predicted molar refractivity (Wildman–Crippen MR) is 257 cm³/mol. The van der Waals surface area contributed by atoms with Crippen molar-refractivity contribution < 1.29 is 90.3 Å². The van der Waals surface area contributed by atoms with Gasteiger partial charge in [0, 0.05) is 25.0 Å². The summed E-state index contributed by atoms with van der Waals surface area (Å²) in [5.74, 6) is -2.04. The maximum Gasteiger partial charge on any atom is 0.264 e. The molecule has 5 amide bonds. The maximum absolute atomic E-state index is 13.2. The Labute approximate surface area is 421 Å². The lowest BCUT2D eigenvalue weighted by atomic mass is 10.0. The van der Waals surface area contributed by atoms with Gasteiger partial charge in [-0.05, 0) is 55.7 Å². The van der Waals surface area contributed by atoms with E-state index in [4.69, 9.17) is 61.6 Å². The van der Waals surface area contributed by atoms with Crippen molar-refractivity contribution in [2.24, 2.45) is 0 Å². The third-order valence-corrected chi connectivity index (χ3v) is 10.5. The molecule has 1 saturated heterocycles. The maximum atomic E-state index is 13.2. The minimum atomic E-state index is -1.08. The number of unbranched alkanes of at least 4 members (excludes halogenated alkanes) is 2. The highest BCUT2D eigenvalue weighted by atomic mass is 16.6. The van der Waals surface area contributed by atoms with E-state index in [0.717, 1.165) is 24.0 Å². The van der Waals surface area contributed by atoms with Gasteiger partial charge in [-0.25, -0.2) is 0 Å². The molecule has 2 N–H and O–H groups in total. The van der Waals surface area contributed by atoms with Crippen LogP contribution in [0.1, 0.15) is 69.6 Å². The SMILES string of the molecule is O=Cc1ccc(OCCOCCOCCOCCOCCOCCOCCOCCOCCOCCOCCOCCOCCCCCC(=O)Nc2cccc3c2C(=O)N(C2CCC(=O)NC2=O)C3=O)cc1. The molecule has 1 unspecified atom stereocenters. The van der Waals surface area contributed by atoms with Crippen molar-refractivity contribution in [2.45, 2.75) is 44.6 Å². The fourth-order valence-corrected chi connectivity index (χ4v) is 6.88. The molecule has 2 aliphatic rings. The van der Waals surface area contributed by atoms with Crippen molar-refractivity contribution in [3.05, 3.63) is 59.2 Å². The Balaban J connectivity index is 0.779. The lowest BCUT2D eigenvalue weighted by Crippen LogP contribution is -2.54. The van der Waals surface area contributed by atoms with Crippen LogP contribution >= 0.6 is 0 Å². The average Bonchev–Trinajstić information content (AvgIpc) is 3.64. The Morgan fingerprint density at radius 2 is 0.958 bits per heavy atom. The molecule has 0 aromatic heterocycles. The highest BCUT2D eigenvalue weighted by Gasteiger charge is 2.45. The van der Waals surface area contributed by atoms with Crippen LogP contribution in [0, 0.1) is 0 Å². The minimum Gasteiger partial charge on any atom is -0.491 e. The molecule has 0 spiro atoms. The smallest absolute Gasteiger partial charge is 0.264 e. The zero-order chi connectivity index (χ0) is 51.1. The van der Waals surface area contributed by atoms with Gasteiger partial charge < -0.3 is 66.9 Å². The van der Waals surface area contributed by atoms with E-state index >= 15 is 0 Å². The van der Waals surface area contributed by atoms with Gasteiger partial charge in [-0.2, -0.15) is 0 Å². The Morgan fingerprint density at radius 1 is 0.528 bits per heavy atom. The van der Waals surface area contributed by atoms with Crippen LogP contribution in [0.3, 0.4) is 0 Å². The fourth-order valence-electron chi connectivity index (χ4n) is 6.88. The van der Waals surface area contributed by atoms with Crippen LogP contribution < -0.4 is 15.4 Å². The number of carbonyl (C=O) groups is 6. The topological polar surface area (TPSA) is 250 Å². The monoisotopic (exact) mass is 1020 g/mol. The third-order valence-electron chi connectivity index (χ3n) is 10.5. The van der Waals surface area contributed by atoms with Gasteiger partial charge in [0.05, 0.1) is 169 Å². The van der Waals surface area contributed by atoms with E-state index < -0.39 is 29.7 Å². The van der Waals surface area contributed by atoms with Gasteiger partial charge in [0.15, 0.2) is 0 Å². The number of benzene rings is 2. The van der Waals surface area contributed by atoms with Crippen LogP contribution in [-0.2, 0) is 71.2 Å². The first-order valence-electron chi connectivity index (χ1n) is 24.6. The Hall–Kier alpha value is -4.82. The fraction of sp³-hybridized carbons (Fsp3) is 0.640. The van der Waals surface area contributed by atoms with Crippen LogP contribution in [0.4, 0.5) is 5.69 Å². The van der Waals surface area contributed by atoms with Gasteiger partial charge in [0.2, 0.25) is 17.7 Å². The summed E-state index contributed by atoms with van der Waals surface area (Å²) in [6, 6.07) is 10.4. The summed E-state index contributed by atoms with van der Waals surface area (Å²) in [6.45, 7) is 11.5. The van der Waals surface area contributed by atoms with E-state index in [2.05, 4.69) is 10.6 Å². The third kappa shape index (κ3) is 25.2. The number of carbonyl (C=O) groups excluding carboxylic acids is 6. The number of nitrogens with one attached hydrogen (secondary N) is 2. The summed E-state index contributed by atoms with van der Waals surface area (Å²) >= 11 is 0. The molecule has 2 aromatic carbocycles. The number of anilines is 1. The van der Waals surface area contributed by atoms with Crippen LogP contribution in [0.25, 0.3) is 0 Å². The molecular weight excluding hydrogens is 947 g/mol. The van der Waals surface area contributed by atoms with E-state index in [1.54, 1.807) is 36.4 Å². The summed E-state index contributed by atoms with van der Waals surface area (Å²) in [6.07, 6.45) is 3.21. The molecule has 2 aromatic rings. The number of imide groups is 2. The Bertz CT molecular complexity index is 1850. The molecule has 402 valence electrons. The van der Waals surface area contributed by atoms with Crippen molar-refractivity contribution >= 4 is 41.5 Å². The van der Waals surface area contributed by atoms with Gasteiger partial charge >= 0.3 is 0 Å².